The number of hydrogen-bond acceptors (Lipinski definition) is 3. The summed E-state index contributed by atoms with van der Waals surface area (Å²) in [7, 11) is 1.63. The lowest BCUT2D eigenvalue weighted by Gasteiger charge is -2.13. The van der Waals surface area contributed by atoms with E-state index in [-0.39, 0.29) is 0 Å². The molecule has 3 nitrogen and oxygen atoms in total. The smallest absolute Gasteiger partial charge is 0.169 e. The van der Waals surface area contributed by atoms with Gasteiger partial charge < -0.3 is 15.2 Å². The fourth-order valence-electron chi connectivity index (χ4n) is 1.73. The van der Waals surface area contributed by atoms with E-state index in [1.807, 2.05) is 44.2 Å². The second-order valence-corrected chi connectivity index (χ2v) is 5.25. The highest BCUT2D eigenvalue weighted by Gasteiger charge is 2.10. The molecule has 0 aromatic heterocycles. The molecule has 0 saturated heterocycles. The Labute approximate surface area is 121 Å². The van der Waals surface area contributed by atoms with Gasteiger partial charge in [-0.2, -0.15) is 0 Å². The molecule has 2 aromatic rings. The van der Waals surface area contributed by atoms with Crippen molar-refractivity contribution in [1.82, 2.24) is 0 Å². The van der Waals surface area contributed by atoms with Crippen LogP contribution in [0, 0.1) is 13.8 Å². The largest absolute Gasteiger partial charge is 0.493 e. The van der Waals surface area contributed by atoms with E-state index < -0.39 is 0 Å². The number of ether oxygens (including phenoxy) is 2. The molecule has 0 unspecified atom stereocenters. The van der Waals surface area contributed by atoms with Crippen LogP contribution in [0.1, 0.15) is 11.1 Å². The van der Waals surface area contributed by atoms with Crippen LogP contribution < -0.4 is 15.2 Å². The topological polar surface area (TPSA) is 44.5 Å². The summed E-state index contributed by atoms with van der Waals surface area (Å²) >= 11 is 3.45. The molecule has 0 heterocycles. The molecule has 0 aliphatic carbocycles. The zero-order chi connectivity index (χ0) is 14.0. The maximum absolute atomic E-state index is 5.89. The SMILES string of the molecule is COc1cc(C)ccc1Oc1cc(C)c(N)cc1Br. The van der Waals surface area contributed by atoms with Crippen molar-refractivity contribution in [2.45, 2.75) is 13.8 Å². The molecule has 0 atom stereocenters. The Hall–Kier alpha value is -1.68. The van der Waals surface area contributed by atoms with E-state index >= 15 is 0 Å². The zero-order valence-electron chi connectivity index (χ0n) is 11.2. The standard InChI is InChI=1S/C15H16BrNO2/c1-9-4-5-13(15(6-9)18-3)19-14-7-10(2)12(17)8-11(14)16/h4-8H,17H2,1-3H3. The van der Waals surface area contributed by atoms with Crippen LogP contribution in [-0.4, -0.2) is 7.11 Å². The van der Waals surface area contributed by atoms with E-state index in [1.54, 1.807) is 7.11 Å². The molecule has 2 rings (SSSR count). The molecular weight excluding hydrogens is 306 g/mol. The van der Waals surface area contributed by atoms with Crippen molar-refractivity contribution in [2.75, 3.05) is 12.8 Å². The second-order valence-electron chi connectivity index (χ2n) is 4.40. The van der Waals surface area contributed by atoms with Gasteiger partial charge in [0.2, 0.25) is 0 Å². The van der Waals surface area contributed by atoms with Gasteiger partial charge in [0.25, 0.3) is 0 Å². The molecule has 0 radical (unpaired) electrons. The van der Waals surface area contributed by atoms with Gasteiger partial charge in [0.1, 0.15) is 5.75 Å². The Bertz CT molecular complexity index is 611. The van der Waals surface area contributed by atoms with Crippen LogP contribution in [0.2, 0.25) is 0 Å². The second kappa shape index (κ2) is 5.53. The van der Waals surface area contributed by atoms with Crippen LogP contribution in [0.25, 0.3) is 0 Å². The van der Waals surface area contributed by atoms with Crippen LogP contribution in [0.15, 0.2) is 34.8 Å². The summed E-state index contributed by atoms with van der Waals surface area (Å²) in [6.07, 6.45) is 0. The van der Waals surface area contributed by atoms with Crippen molar-refractivity contribution in [3.8, 4) is 17.2 Å². The number of aryl methyl sites for hydroxylation is 2. The summed E-state index contributed by atoms with van der Waals surface area (Å²) in [6.45, 7) is 3.95. The first kappa shape index (κ1) is 13.7. The molecule has 0 amide bonds. The summed E-state index contributed by atoms with van der Waals surface area (Å²) in [6, 6.07) is 9.56. The highest BCUT2D eigenvalue weighted by atomic mass is 79.9. The number of nitrogen functional groups attached to an aromatic ring is 1. The number of rotatable bonds is 3. The molecule has 2 N–H and O–H groups in total. The fourth-order valence-corrected chi connectivity index (χ4v) is 2.17. The van der Waals surface area contributed by atoms with Gasteiger partial charge in [-0.05, 0) is 65.2 Å². The Balaban J connectivity index is 2.39. The van der Waals surface area contributed by atoms with Gasteiger partial charge in [0.15, 0.2) is 11.5 Å². The van der Waals surface area contributed by atoms with Crippen LogP contribution in [0.4, 0.5) is 5.69 Å². The van der Waals surface area contributed by atoms with Crippen LogP contribution in [0.5, 0.6) is 17.2 Å². The molecule has 0 aliphatic heterocycles. The van der Waals surface area contributed by atoms with Gasteiger partial charge in [-0.25, -0.2) is 0 Å². The summed E-state index contributed by atoms with van der Waals surface area (Å²) in [5.74, 6) is 2.10. The number of nitrogens with two attached hydrogens (primary N) is 1. The molecule has 0 aliphatic rings. The first-order chi connectivity index (χ1) is 9.01. The fraction of sp³-hybridized carbons (Fsp3) is 0.200. The maximum Gasteiger partial charge on any atom is 0.169 e. The normalized spacial score (nSPS) is 10.3. The van der Waals surface area contributed by atoms with Crippen molar-refractivity contribution >= 4 is 21.6 Å². The predicted octanol–water partition coefficient (Wildman–Crippen LogP) is 4.45. The molecular formula is C15H16BrNO2. The van der Waals surface area contributed by atoms with Crippen LogP contribution >= 0.6 is 15.9 Å². The number of hydrogen-bond donors (Lipinski definition) is 1. The predicted molar refractivity (Wildman–Crippen MR) is 81.1 cm³/mol. The van der Waals surface area contributed by atoms with Gasteiger partial charge in [-0.15, -0.1) is 0 Å². The Kier molecular flexibility index (Phi) is 4.00. The maximum atomic E-state index is 5.89. The summed E-state index contributed by atoms with van der Waals surface area (Å²) in [4.78, 5) is 0. The molecule has 0 bridgehead atoms. The Morgan fingerprint density at radius 2 is 1.74 bits per heavy atom. The summed E-state index contributed by atoms with van der Waals surface area (Å²) < 4.78 is 12.0. The lowest BCUT2D eigenvalue weighted by molar-refractivity contribution is 0.378. The third-order valence-corrected chi connectivity index (χ3v) is 3.48. The monoisotopic (exact) mass is 321 g/mol. The van der Waals surface area contributed by atoms with Crippen LogP contribution in [0.3, 0.4) is 0 Å². The highest BCUT2D eigenvalue weighted by Crippen LogP contribution is 2.37. The lowest BCUT2D eigenvalue weighted by atomic mass is 10.2. The Morgan fingerprint density at radius 3 is 2.42 bits per heavy atom. The third-order valence-electron chi connectivity index (χ3n) is 2.86. The van der Waals surface area contributed by atoms with Crippen LogP contribution in [-0.2, 0) is 0 Å². The number of methoxy groups -OCH3 is 1. The molecule has 100 valence electrons. The lowest BCUT2D eigenvalue weighted by Crippen LogP contribution is -1.94. The van der Waals surface area contributed by atoms with E-state index in [2.05, 4.69) is 15.9 Å². The van der Waals surface area contributed by atoms with Gasteiger partial charge >= 0.3 is 0 Å². The van der Waals surface area contributed by atoms with Crippen molar-refractivity contribution in [3.63, 3.8) is 0 Å². The van der Waals surface area contributed by atoms with E-state index in [9.17, 15) is 0 Å². The average molecular weight is 322 g/mol. The molecule has 0 saturated carbocycles. The number of halogens is 1. The zero-order valence-corrected chi connectivity index (χ0v) is 12.7. The minimum Gasteiger partial charge on any atom is -0.493 e. The van der Waals surface area contributed by atoms with Gasteiger partial charge in [0.05, 0.1) is 11.6 Å². The number of benzene rings is 2. The van der Waals surface area contributed by atoms with Crippen molar-refractivity contribution < 1.29 is 9.47 Å². The minimum atomic E-state index is 0.679. The van der Waals surface area contributed by atoms with E-state index in [0.29, 0.717) is 17.2 Å². The molecule has 4 heteroatoms. The van der Waals surface area contributed by atoms with Gasteiger partial charge in [-0.3, -0.25) is 0 Å². The quantitative estimate of drug-likeness (QED) is 0.849. The first-order valence-electron chi connectivity index (χ1n) is 5.89. The van der Waals surface area contributed by atoms with Gasteiger partial charge in [0, 0.05) is 5.69 Å². The third kappa shape index (κ3) is 3.01. The Morgan fingerprint density at radius 1 is 1.00 bits per heavy atom. The van der Waals surface area contributed by atoms with Crippen molar-refractivity contribution in [3.05, 3.63) is 45.9 Å². The highest BCUT2D eigenvalue weighted by molar-refractivity contribution is 9.10. The summed E-state index contributed by atoms with van der Waals surface area (Å²) in [5, 5.41) is 0. The molecule has 2 aromatic carbocycles. The number of anilines is 1. The van der Waals surface area contributed by atoms with E-state index in [1.165, 1.54) is 0 Å². The van der Waals surface area contributed by atoms with Gasteiger partial charge in [-0.1, -0.05) is 6.07 Å². The molecule has 19 heavy (non-hydrogen) atoms. The average Bonchev–Trinajstić information content (AvgIpc) is 2.37. The minimum absolute atomic E-state index is 0.679. The molecule has 0 spiro atoms. The van der Waals surface area contributed by atoms with Crippen molar-refractivity contribution in [1.29, 1.82) is 0 Å². The molecule has 0 fully saturated rings. The van der Waals surface area contributed by atoms with E-state index in [4.69, 9.17) is 15.2 Å². The summed E-state index contributed by atoms with van der Waals surface area (Å²) in [5.41, 5.74) is 8.68. The van der Waals surface area contributed by atoms with Crippen molar-refractivity contribution in [2.24, 2.45) is 0 Å². The first-order valence-corrected chi connectivity index (χ1v) is 6.68. The van der Waals surface area contributed by atoms with E-state index in [0.717, 1.165) is 21.3 Å².